The maximum Gasteiger partial charge on any atom is 0.200 e. The molecule has 1 aromatic carbocycles. The first kappa shape index (κ1) is 27.9. The largest absolute Gasteiger partial charge is 0.490 e. The van der Waals surface area contributed by atoms with Gasteiger partial charge in [0.15, 0.2) is 11.6 Å². The molecule has 1 nitrogen and oxygen atoms in total. The summed E-state index contributed by atoms with van der Waals surface area (Å²) in [7, 11) is 0. The molecule has 4 rings (SSSR count). The van der Waals surface area contributed by atoms with Crippen LogP contribution in [0.3, 0.4) is 0 Å². The van der Waals surface area contributed by atoms with Gasteiger partial charge in [-0.05, 0) is 98.5 Å². The molecular weight excluding hydrogens is 450 g/mol. The fourth-order valence-electron chi connectivity index (χ4n) is 7.64. The number of hydrogen-bond acceptors (Lipinski definition) is 1. The average molecular weight is 503 g/mol. The van der Waals surface area contributed by atoms with Gasteiger partial charge in [-0.15, -0.1) is 0 Å². The Morgan fingerprint density at radius 2 is 1.22 bits per heavy atom. The van der Waals surface area contributed by atoms with Gasteiger partial charge in [-0.3, -0.25) is 0 Å². The highest BCUT2D eigenvalue weighted by molar-refractivity contribution is 5.31. The molecule has 0 aromatic heterocycles. The zero-order valence-corrected chi connectivity index (χ0v) is 23.2. The lowest BCUT2D eigenvalue weighted by molar-refractivity contribution is 0.140. The summed E-state index contributed by atoms with van der Waals surface area (Å²) in [5.41, 5.74) is 0.524. The Kier molecular flexibility index (Phi) is 11.0. The molecular formula is C33H52F2O. The highest BCUT2D eigenvalue weighted by Crippen LogP contribution is 2.43. The monoisotopic (exact) mass is 502 g/mol. The Labute approximate surface area is 220 Å². The van der Waals surface area contributed by atoms with Gasteiger partial charge in [0.05, 0.1) is 6.61 Å². The van der Waals surface area contributed by atoms with E-state index in [1.165, 1.54) is 89.9 Å². The molecule has 0 spiro atoms. The predicted molar refractivity (Wildman–Crippen MR) is 146 cm³/mol. The molecule has 3 heteroatoms. The number of aryl methyl sites for hydroxylation is 1. The van der Waals surface area contributed by atoms with E-state index < -0.39 is 11.6 Å². The van der Waals surface area contributed by atoms with Gasteiger partial charge < -0.3 is 4.74 Å². The van der Waals surface area contributed by atoms with Crippen LogP contribution in [0.2, 0.25) is 0 Å². The van der Waals surface area contributed by atoms with Crippen molar-refractivity contribution in [3.8, 4) is 5.75 Å². The van der Waals surface area contributed by atoms with Crippen LogP contribution in [-0.4, -0.2) is 6.61 Å². The van der Waals surface area contributed by atoms with E-state index in [-0.39, 0.29) is 5.75 Å². The van der Waals surface area contributed by atoms with Crippen molar-refractivity contribution >= 4 is 0 Å². The van der Waals surface area contributed by atoms with Crippen molar-refractivity contribution in [1.82, 2.24) is 0 Å². The third-order valence-corrected chi connectivity index (χ3v) is 10.4. The maximum atomic E-state index is 14.8. The van der Waals surface area contributed by atoms with E-state index in [0.29, 0.717) is 30.4 Å². The zero-order chi connectivity index (χ0) is 25.3. The maximum absolute atomic E-state index is 14.8. The summed E-state index contributed by atoms with van der Waals surface area (Å²) < 4.78 is 35.3. The molecule has 36 heavy (non-hydrogen) atoms. The van der Waals surface area contributed by atoms with E-state index in [1.54, 1.807) is 12.1 Å². The van der Waals surface area contributed by atoms with E-state index in [1.807, 2.05) is 0 Å². The summed E-state index contributed by atoms with van der Waals surface area (Å²) in [6, 6.07) is 3.43. The van der Waals surface area contributed by atoms with Crippen LogP contribution < -0.4 is 4.74 Å². The van der Waals surface area contributed by atoms with Crippen LogP contribution in [0.4, 0.5) is 8.78 Å². The first-order valence-electron chi connectivity index (χ1n) is 15.7. The number of halogens is 2. The lowest BCUT2D eigenvalue weighted by Crippen LogP contribution is -2.26. The summed E-state index contributed by atoms with van der Waals surface area (Å²) in [6.07, 6.45) is 22.8. The Bertz CT molecular complexity index is 768. The molecule has 3 aliphatic rings. The van der Waals surface area contributed by atoms with Crippen LogP contribution in [0.25, 0.3) is 0 Å². The van der Waals surface area contributed by atoms with Gasteiger partial charge in [0.25, 0.3) is 0 Å². The van der Waals surface area contributed by atoms with E-state index in [0.717, 1.165) is 42.9 Å². The van der Waals surface area contributed by atoms with Crippen molar-refractivity contribution < 1.29 is 13.5 Å². The predicted octanol–water partition coefficient (Wildman–Crippen LogP) is 10.3. The second kappa shape index (κ2) is 14.1. The molecule has 3 fully saturated rings. The van der Waals surface area contributed by atoms with Crippen molar-refractivity contribution in [2.75, 3.05) is 6.61 Å². The van der Waals surface area contributed by atoms with Crippen molar-refractivity contribution in [2.45, 2.75) is 129 Å². The van der Waals surface area contributed by atoms with Crippen LogP contribution >= 0.6 is 0 Å². The summed E-state index contributed by atoms with van der Waals surface area (Å²) >= 11 is 0. The van der Waals surface area contributed by atoms with Gasteiger partial charge in [-0.25, -0.2) is 4.39 Å². The molecule has 3 saturated carbocycles. The molecule has 0 bridgehead atoms. The lowest BCUT2D eigenvalue weighted by Gasteiger charge is -2.38. The molecule has 0 unspecified atom stereocenters. The first-order valence-corrected chi connectivity index (χ1v) is 15.7. The van der Waals surface area contributed by atoms with Gasteiger partial charge >= 0.3 is 0 Å². The minimum atomic E-state index is -0.784. The molecule has 0 amide bonds. The smallest absolute Gasteiger partial charge is 0.200 e. The van der Waals surface area contributed by atoms with Crippen molar-refractivity contribution in [3.05, 3.63) is 29.3 Å². The SMILES string of the molecule is CCCCC1CCC(C2CCC(CCc3ccc(OCC4CCC(CC)CC4)c(F)c3F)CC2)CC1. The topological polar surface area (TPSA) is 9.23 Å². The van der Waals surface area contributed by atoms with Crippen LogP contribution in [0.15, 0.2) is 12.1 Å². The van der Waals surface area contributed by atoms with Gasteiger partial charge in [0.1, 0.15) is 0 Å². The standard InChI is InChI=1S/C33H52F2O/c1-3-5-6-25-11-16-28(17-12-25)29-18-13-26(14-19-29)15-20-30-21-22-31(33(35)32(30)34)36-23-27-9-7-24(4-2)8-10-27/h21-22,24-29H,3-20,23H2,1-2H3. The first-order chi connectivity index (χ1) is 17.6. The summed E-state index contributed by atoms with van der Waals surface area (Å²) in [5.74, 6) is 3.45. The van der Waals surface area contributed by atoms with Crippen LogP contribution in [-0.2, 0) is 6.42 Å². The second-order valence-corrected chi connectivity index (χ2v) is 12.7. The van der Waals surface area contributed by atoms with Crippen LogP contribution in [0, 0.1) is 47.1 Å². The Morgan fingerprint density at radius 1 is 0.667 bits per heavy atom. The van der Waals surface area contributed by atoms with Gasteiger partial charge in [-0.1, -0.05) is 84.1 Å². The molecule has 204 valence electrons. The van der Waals surface area contributed by atoms with Crippen molar-refractivity contribution in [2.24, 2.45) is 35.5 Å². The lowest BCUT2D eigenvalue weighted by atomic mass is 9.68. The van der Waals surface area contributed by atoms with Crippen molar-refractivity contribution in [1.29, 1.82) is 0 Å². The molecule has 0 aliphatic heterocycles. The zero-order valence-electron chi connectivity index (χ0n) is 23.2. The van der Waals surface area contributed by atoms with Gasteiger partial charge in [0.2, 0.25) is 5.82 Å². The van der Waals surface area contributed by atoms with Gasteiger partial charge in [-0.2, -0.15) is 4.39 Å². The quantitative estimate of drug-likeness (QED) is 0.292. The van der Waals surface area contributed by atoms with Crippen molar-refractivity contribution in [3.63, 3.8) is 0 Å². The van der Waals surface area contributed by atoms with E-state index >= 15 is 0 Å². The molecule has 3 aliphatic carbocycles. The highest BCUT2D eigenvalue weighted by atomic mass is 19.2. The van der Waals surface area contributed by atoms with Crippen LogP contribution in [0.5, 0.6) is 5.75 Å². The fourth-order valence-corrected chi connectivity index (χ4v) is 7.64. The number of ether oxygens (including phenoxy) is 1. The Hall–Kier alpha value is -1.12. The summed E-state index contributed by atoms with van der Waals surface area (Å²) in [5, 5.41) is 0. The minimum absolute atomic E-state index is 0.0961. The molecule has 0 saturated heterocycles. The number of hydrogen-bond donors (Lipinski definition) is 0. The number of rotatable bonds is 11. The number of benzene rings is 1. The Morgan fingerprint density at radius 3 is 1.81 bits per heavy atom. The molecule has 0 heterocycles. The molecule has 0 N–H and O–H groups in total. The number of unbranched alkanes of at least 4 members (excludes halogenated alkanes) is 1. The van der Waals surface area contributed by atoms with Gasteiger partial charge in [0, 0.05) is 0 Å². The van der Waals surface area contributed by atoms with E-state index in [4.69, 9.17) is 4.74 Å². The third-order valence-electron chi connectivity index (χ3n) is 10.4. The van der Waals surface area contributed by atoms with E-state index in [2.05, 4.69) is 13.8 Å². The van der Waals surface area contributed by atoms with Crippen LogP contribution in [0.1, 0.15) is 129 Å². The Balaban J connectivity index is 1.17. The molecule has 1 aromatic rings. The van der Waals surface area contributed by atoms with E-state index in [9.17, 15) is 8.78 Å². The third kappa shape index (κ3) is 7.70. The second-order valence-electron chi connectivity index (χ2n) is 12.7. The molecule has 0 atom stereocenters. The fraction of sp³-hybridized carbons (Fsp3) is 0.818. The highest BCUT2D eigenvalue weighted by Gasteiger charge is 2.31. The molecule has 0 radical (unpaired) electrons. The normalized spacial score (nSPS) is 31.3. The summed E-state index contributed by atoms with van der Waals surface area (Å²) in [4.78, 5) is 0. The average Bonchev–Trinajstić information content (AvgIpc) is 2.93. The minimum Gasteiger partial charge on any atom is -0.490 e. The summed E-state index contributed by atoms with van der Waals surface area (Å²) in [6.45, 7) is 5.07.